The molecule has 0 saturated heterocycles. The van der Waals surface area contributed by atoms with Crippen molar-refractivity contribution in [3.63, 3.8) is 0 Å². The quantitative estimate of drug-likeness (QED) is 0.511. The van der Waals surface area contributed by atoms with Crippen molar-refractivity contribution < 1.29 is 8.42 Å². The Morgan fingerprint density at radius 2 is 1.73 bits per heavy atom. The van der Waals surface area contributed by atoms with E-state index in [0.29, 0.717) is 17.1 Å². The highest BCUT2D eigenvalue weighted by atomic mass is 79.9. The van der Waals surface area contributed by atoms with Crippen molar-refractivity contribution in [1.82, 2.24) is 14.8 Å². The number of aromatic nitrogens is 3. The first-order valence-electron chi connectivity index (χ1n) is 7.99. The van der Waals surface area contributed by atoms with Crippen molar-refractivity contribution in [2.75, 3.05) is 11.5 Å². The molecule has 0 fully saturated rings. The molecular formula is C18H18BrN3O2S2. The standard InChI is InChI=1S/C18H18BrN3O2S2/c1-22-17(13-14-5-3-2-4-6-14)20-21-18(22)25-11-12-26(23,24)16-9-7-15(19)8-10-16/h2-10H,11-13H2,1H3. The molecule has 0 aliphatic rings. The van der Waals surface area contributed by atoms with Gasteiger partial charge in [-0.25, -0.2) is 8.42 Å². The van der Waals surface area contributed by atoms with Crippen LogP contribution in [0.2, 0.25) is 0 Å². The van der Waals surface area contributed by atoms with E-state index >= 15 is 0 Å². The Morgan fingerprint density at radius 3 is 2.42 bits per heavy atom. The van der Waals surface area contributed by atoms with E-state index in [1.807, 2.05) is 41.9 Å². The molecule has 0 atom stereocenters. The Balaban J connectivity index is 1.61. The van der Waals surface area contributed by atoms with Crippen LogP contribution < -0.4 is 0 Å². The van der Waals surface area contributed by atoms with Crippen LogP contribution in [0.25, 0.3) is 0 Å². The van der Waals surface area contributed by atoms with Crippen molar-refractivity contribution >= 4 is 37.5 Å². The maximum absolute atomic E-state index is 12.4. The van der Waals surface area contributed by atoms with Crippen molar-refractivity contribution in [1.29, 1.82) is 0 Å². The van der Waals surface area contributed by atoms with Gasteiger partial charge in [0.2, 0.25) is 0 Å². The van der Waals surface area contributed by atoms with Crippen LogP contribution in [-0.2, 0) is 23.3 Å². The SMILES string of the molecule is Cn1c(Cc2ccccc2)nnc1SCCS(=O)(=O)c1ccc(Br)cc1. The third kappa shape index (κ3) is 4.75. The molecule has 5 nitrogen and oxygen atoms in total. The Labute approximate surface area is 165 Å². The van der Waals surface area contributed by atoms with Crippen LogP contribution >= 0.6 is 27.7 Å². The summed E-state index contributed by atoms with van der Waals surface area (Å²) in [5.74, 6) is 1.34. The van der Waals surface area contributed by atoms with Gasteiger partial charge in [-0.3, -0.25) is 0 Å². The fourth-order valence-electron chi connectivity index (χ4n) is 2.41. The maximum Gasteiger partial charge on any atom is 0.190 e. The van der Waals surface area contributed by atoms with Crippen LogP contribution in [0.5, 0.6) is 0 Å². The largest absolute Gasteiger partial charge is 0.309 e. The van der Waals surface area contributed by atoms with Gasteiger partial charge < -0.3 is 4.57 Å². The monoisotopic (exact) mass is 451 g/mol. The molecule has 0 N–H and O–H groups in total. The Hall–Kier alpha value is -1.64. The van der Waals surface area contributed by atoms with E-state index < -0.39 is 9.84 Å². The average molecular weight is 452 g/mol. The van der Waals surface area contributed by atoms with Crippen LogP contribution in [0.3, 0.4) is 0 Å². The van der Waals surface area contributed by atoms with Gasteiger partial charge in [0.15, 0.2) is 15.0 Å². The molecule has 0 aliphatic heterocycles. The van der Waals surface area contributed by atoms with Gasteiger partial charge in [0, 0.05) is 23.7 Å². The number of hydrogen-bond donors (Lipinski definition) is 0. The third-order valence-corrected chi connectivity index (χ3v) is 7.43. The number of halogens is 1. The average Bonchev–Trinajstić information content (AvgIpc) is 2.96. The summed E-state index contributed by atoms with van der Waals surface area (Å²) in [6.07, 6.45) is 0.697. The summed E-state index contributed by atoms with van der Waals surface area (Å²) < 4.78 is 27.6. The summed E-state index contributed by atoms with van der Waals surface area (Å²) in [4.78, 5) is 0.337. The lowest BCUT2D eigenvalue weighted by Crippen LogP contribution is -2.09. The minimum atomic E-state index is -3.30. The van der Waals surface area contributed by atoms with Crippen molar-refractivity contribution in [3.8, 4) is 0 Å². The first kappa shape index (κ1) is 19.1. The lowest BCUT2D eigenvalue weighted by atomic mass is 10.1. The molecule has 3 rings (SSSR count). The molecule has 0 spiro atoms. The number of hydrogen-bond acceptors (Lipinski definition) is 5. The number of thioether (sulfide) groups is 1. The molecule has 0 saturated carbocycles. The number of sulfone groups is 1. The van der Waals surface area contributed by atoms with Crippen LogP contribution in [0.1, 0.15) is 11.4 Å². The normalized spacial score (nSPS) is 11.6. The summed E-state index contributed by atoms with van der Waals surface area (Å²) in [5, 5.41) is 9.15. The summed E-state index contributed by atoms with van der Waals surface area (Å²) in [7, 11) is -1.39. The lowest BCUT2D eigenvalue weighted by Gasteiger charge is -2.06. The summed E-state index contributed by atoms with van der Waals surface area (Å²) >= 11 is 4.72. The minimum Gasteiger partial charge on any atom is -0.309 e. The molecule has 0 unspecified atom stereocenters. The maximum atomic E-state index is 12.4. The van der Waals surface area contributed by atoms with E-state index in [1.165, 1.54) is 11.8 Å². The molecule has 1 heterocycles. The van der Waals surface area contributed by atoms with Gasteiger partial charge >= 0.3 is 0 Å². The zero-order chi connectivity index (χ0) is 18.6. The van der Waals surface area contributed by atoms with Crippen LogP contribution in [0, 0.1) is 0 Å². The number of benzene rings is 2. The van der Waals surface area contributed by atoms with E-state index in [9.17, 15) is 8.42 Å². The molecule has 1 aromatic heterocycles. The van der Waals surface area contributed by atoms with E-state index in [4.69, 9.17) is 0 Å². The second-order valence-electron chi connectivity index (χ2n) is 5.74. The molecule has 0 aliphatic carbocycles. The minimum absolute atomic E-state index is 0.0557. The Morgan fingerprint density at radius 1 is 1.04 bits per heavy atom. The van der Waals surface area contributed by atoms with E-state index in [0.717, 1.165) is 21.0 Å². The smallest absolute Gasteiger partial charge is 0.190 e. The van der Waals surface area contributed by atoms with E-state index in [1.54, 1.807) is 24.3 Å². The first-order chi connectivity index (χ1) is 12.5. The predicted molar refractivity (Wildman–Crippen MR) is 107 cm³/mol. The van der Waals surface area contributed by atoms with Crippen LogP contribution in [0.15, 0.2) is 69.1 Å². The third-order valence-electron chi connectivity index (χ3n) is 3.89. The topological polar surface area (TPSA) is 64.8 Å². The molecule has 8 heteroatoms. The van der Waals surface area contributed by atoms with E-state index in [-0.39, 0.29) is 5.75 Å². The highest BCUT2D eigenvalue weighted by Crippen LogP contribution is 2.20. The zero-order valence-corrected chi connectivity index (χ0v) is 17.4. The van der Waals surface area contributed by atoms with Gasteiger partial charge in [-0.15, -0.1) is 10.2 Å². The molecule has 3 aromatic rings. The molecule has 136 valence electrons. The predicted octanol–water partition coefficient (Wildman–Crippen LogP) is 3.73. The molecular weight excluding hydrogens is 434 g/mol. The highest BCUT2D eigenvalue weighted by Gasteiger charge is 2.16. The Bertz CT molecular complexity index is 971. The molecule has 0 bridgehead atoms. The second kappa shape index (κ2) is 8.37. The Kier molecular flexibility index (Phi) is 6.16. The summed E-state index contributed by atoms with van der Waals surface area (Å²) in [5.41, 5.74) is 1.16. The van der Waals surface area contributed by atoms with Crippen molar-refractivity contribution in [3.05, 3.63) is 70.5 Å². The lowest BCUT2D eigenvalue weighted by molar-refractivity contribution is 0.597. The summed E-state index contributed by atoms with van der Waals surface area (Å²) in [6, 6.07) is 16.8. The zero-order valence-electron chi connectivity index (χ0n) is 14.2. The van der Waals surface area contributed by atoms with Gasteiger partial charge in [0.1, 0.15) is 5.82 Å². The van der Waals surface area contributed by atoms with Crippen LogP contribution in [0.4, 0.5) is 0 Å². The van der Waals surface area contributed by atoms with Gasteiger partial charge in [0.05, 0.1) is 10.6 Å². The molecule has 2 aromatic carbocycles. The molecule has 26 heavy (non-hydrogen) atoms. The highest BCUT2D eigenvalue weighted by molar-refractivity contribution is 9.10. The number of nitrogens with zero attached hydrogens (tertiary/aromatic N) is 3. The van der Waals surface area contributed by atoms with Crippen molar-refractivity contribution in [2.24, 2.45) is 7.05 Å². The van der Waals surface area contributed by atoms with Gasteiger partial charge in [-0.05, 0) is 29.8 Å². The van der Waals surface area contributed by atoms with E-state index in [2.05, 4.69) is 26.1 Å². The van der Waals surface area contributed by atoms with Crippen molar-refractivity contribution in [2.45, 2.75) is 16.5 Å². The van der Waals surface area contributed by atoms with Gasteiger partial charge in [-0.2, -0.15) is 0 Å². The first-order valence-corrected chi connectivity index (χ1v) is 11.4. The van der Waals surface area contributed by atoms with Gasteiger partial charge in [-0.1, -0.05) is 58.0 Å². The fraction of sp³-hybridized carbons (Fsp3) is 0.222. The van der Waals surface area contributed by atoms with Gasteiger partial charge in [0.25, 0.3) is 0 Å². The fourth-order valence-corrected chi connectivity index (χ4v) is 5.25. The molecule has 0 radical (unpaired) electrons. The van der Waals surface area contributed by atoms with Crippen LogP contribution in [-0.4, -0.2) is 34.7 Å². The second-order valence-corrected chi connectivity index (χ2v) is 9.83. The summed E-state index contributed by atoms with van der Waals surface area (Å²) in [6.45, 7) is 0. The molecule has 0 amide bonds. The number of rotatable bonds is 7.